The van der Waals surface area contributed by atoms with E-state index in [4.69, 9.17) is 17.0 Å². The number of esters is 1. The number of halogens is 1. The van der Waals surface area contributed by atoms with Crippen molar-refractivity contribution in [2.75, 3.05) is 18.5 Å². The maximum atomic E-state index is 13.4. The highest BCUT2D eigenvalue weighted by Gasteiger charge is 2.35. The average Bonchev–Trinajstić information content (AvgIpc) is 3.19. The van der Waals surface area contributed by atoms with Crippen molar-refractivity contribution >= 4 is 29.0 Å². The summed E-state index contributed by atoms with van der Waals surface area (Å²) in [5.41, 5.74) is 3.20. The minimum absolute atomic E-state index is 0.0404. The van der Waals surface area contributed by atoms with Crippen LogP contribution in [-0.2, 0) is 10.2 Å². The van der Waals surface area contributed by atoms with Crippen molar-refractivity contribution in [3.8, 4) is 0 Å². The molecule has 1 aliphatic rings. The third-order valence-corrected chi connectivity index (χ3v) is 5.93. The number of hydrogen-bond acceptors (Lipinski definition) is 3. The van der Waals surface area contributed by atoms with E-state index in [2.05, 4.69) is 10.6 Å². The molecule has 4 nitrogen and oxygen atoms in total. The van der Waals surface area contributed by atoms with Gasteiger partial charge in [-0.25, -0.2) is 9.18 Å². The van der Waals surface area contributed by atoms with Gasteiger partial charge in [-0.2, -0.15) is 0 Å². The smallest absolute Gasteiger partial charge is 0.338 e. The van der Waals surface area contributed by atoms with Gasteiger partial charge in [-0.15, -0.1) is 0 Å². The van der Waals surface area contributed by atoms with Crippen LogP contribution < -0.4 is 10.6 Å². The maximum Gasteiger partial charge on any atom is 0.338 e. The number of anilines is 1. The zero-order chi connectivity index (χ0) is 20.9. The summed E-state index contributed by atoms with van der Waals surface area (Å²) in [5, 5.41) is 7.04. The zero-order valence-electron chi connectivity index (χ0n) is 16.9. The molecule has 0 atom stereocenters. The minimum Gasteiger partial charge on any atom is -0.462 e. The third-order valence-electron chi connectivity index (χ3n) is 5.68. The fourth-order valence-corrected chi connectivity index (χ4v) is 4.22. The Balaban J connectivity index is 1.68. The predicted molar refractivity (Wildman–Crippen MR) is 118 cm³/mol. The van der Waals surface area contributed by atoms with E-state index in [0.29, 0.717) is 23.8 Å². The highest BCUT2D eigenvalue weighted by Crippen LogP contribution is 2.40. The molecular weight excluding hydrogens is 387 g/mol. The molecule has 0 aromatic heterocycles. The molecule has 3 rings (SSSR count). The Hall–Kier alpha value is -2.47. The van der Waals surface area contributed by atoms with Crippen LogP contribution in [0.15, 0.2) is 42.5 Å². The molecule has 0 radical (unpaired) electrons. The van der Waals surface area contributed by atoms with Gasteiger partial charge < -0.3 is 15.4 Å². The van der Waals surface area contributed by atoms with Gasteiger partial charge in [-0.05, 0) is 74.3 Å². The van der Waals surface area contributed by atoms with Gasteiger partial charge >= 0.3 is 5.97 Å². The van der Waals surface area contributed by atoms with Gasteiger partial charge in [-0.1, -0.05) is 31.0 Å². The van der Waals surface area contributed by atoms with Crippen LogP contribution >= 0.6 is 12.2 Å². The number of carbonyl (C=O) groups excluding carboxylic acids is 1. The minimum atomic E-state index is -0.339. The lowest BCUT2D eigenvalue weighted by Crippen LogP contribution is -2.40. The average molecular weight is 415 g/mol. The molecule has 1 fully saturated rings. The van der Waals surface area contributed by atoms with Crippen LogP contribution in [0.25, 0.3) is 0 Å². The number of carbonyl (C=O) groups is 1. The lowest BCUT2D eigenvalue weighted by atomic mass is 9.79. The number of thiocarbonyl (C=S) groups is 1. The topological polar surface area (TPSA) is 50.4 Å². The largest absolute Gasteiger partial charge is 0.462 e. The molecule has 1 saturated carbocycles. The third kappa shape index (κ3) is 4.93. The Kier molecular flexibility index (Phi) is 6.85. The molecule has 0 heterocycles. The Bertz CT molecular complexity index is 877. The van der Waals surface area contributed by atoms with Crippen molar-refractivity contribution in [2.45, 2.75) is 44.9 Å². The van der Waals surface area contributed by atoms with Crippen molar-refractivity contribution in [3.63, 3.8) is 0 Å². The molecule has 0 amide bonds. The first-order valence-corrected chi connectivity index (χ1v) is 10.4. The first-order valence-electron chi connectivity index (χ1n) is 10.0. The number of ether oxygens (including phenoxy) is 1. The second kappa shape index (κ2) is 9.35. The predicted octanol–water partition coefficient (Wildman–Crippen LogP) is 5.11. The number of nitrogens with one attached hydrogen (secondary N) is 2. The summed E-state index contributed by atoms with van der Waals surface area (Å²) in [6.07, 6.45) is 4.40. The van der Waals surface area contributed by atoms with Crippen LogP contribution in [0.4, 0.5) is 10.1 Å². The van der Waals surface area contributed by atoms with Gasteiger partial charge in [0, 0.05) is 17.6 Å². The monoisotopic (exact) mass is 414 g/mol. The van der Waals surface area contributed by atoms with E-state index in [9.17, 15) is 9.18 Å². The highest BCUT2D eigenvalue weighted by molar-refractivity contribution is 7.80. The molecule has 2 aromatic rings. The van der Waals surface area contributed by atoms with Crippen LogP contribution in [0, 0.1) is 12.7 Å². The Morgan fingerprint density at radius 3 is 2.52 bits per heavy atom. The van der Waals surface area contributed by atoms with Crippen molar-refractivity contribution in [1.29, 1.82) is 0 Å². The summed E-state index contributed by atoms with van der Waals surface area (Å²) in [7, 11) is 0. The Morgan fingerprint density at radius 1 is 1.17 bits per heavy atom. The summed E-state index contributed by atoms with van der Waals surface area (Å²) < 4.78 is 18.5. The normalized spacial score (nSPS) is 15.0. The van der Waals surface area contributed by atoms with Gasteiger partial charge in [0.15, 0.2) is 5.11 Å². The number of hydrogen-bond donors (Lipinski definition) is 2. The second-order valence-corrected chi connectivity index (χ2v) is 7.91. The van der Waals surface area contributed by atoms with Crippen molar-refractivity contribution in [1.82, 2.24) is 5.32 Å². The van der Waals surface area contributed by atoms with Gasteiger partial charge in [0.25, 0.3) is 0 Å². The van der Waals surface area contributed by atoms with Gasteiger partial charge in [-0.3, -0.25) is 0 Å². The van der Waals surface area contributed by atoms with Crippen molar-refractivity contribution < 1.29 is 13.9 Å². The molecule has 0 saturated heterocycles. The first-order chi connectivity index (χ1) is 13.9. The summed E-state index contributed by atoms with van der Waals surface area (Å²) in [4.78, 5) is 12.1. The van der Waals surface area contributed by atoms with Gasteiger partial charge in [0.05, 0.1) is 12.2 Å². The van der Waals surface area contributed by atoms with Crippen LogP contribution in [0.5, 0.6) is 0 Å². The van der Waals surface area contributed by atoms with Gasteiger partial charge in [0.1, 0.15) is 5.82 Å². The fraction of sp³-hybridized carbons (Fsp3) is 0.391. The quantitative estimate of drug-likeness (QED) is 0.508. The number of benzene rings is 2. The van der Waals surface area contributed by atoms with E-state index in [0.717, 1.165) is 42.5 Å². The van der Waals surface area contributed by atoms with E-state index in [1.807, 2.05) is 25.1 Å². The highest BCUT2D eigenvalue weighted by atomic mass is 32.1. The molecule has 0 spiro atoms. The number of rotatable bonds is 6. The fourth-order valence-electron chi connectivity index (χ4n) is 4.04. The zero-order valence-corrected chi connectivity index (χ0v) is 17.7. The summed E-state index contributed by atoms with van der Waals surface area (Å²) in [6, 6.07) is 12.2. The van der Waals surface area contributed by atoms with Crippen LogP contribution in [0.3, 0.4) is 0 Å². The van der Waals surface area contributed by atoms with Gasteiger partial charge in [0.2, 0.25) is 0 Å². The molecule has 1 aliphatic carbocycles. The van der Waals surface area contributed by atoms with Crippen LogP contribution in [0.1, 0.15) is 54.1 Å². The van der Waals surface area contributed by atoms with E-state index < -0.39 is 0 Å². The molecule has 154 valence electrons. The molecular formula is C23H27FN2O2S. The Labute approximate surface area is 176 Å². The van der Waals surface area contributed by atoms with Crippen LogP contribution in [0.2, 0.25) is 0 Å². The van der Waals surface area contributed by atoms with Crippen LogP contribution in [-0.4, -0.2) is 24.2 Å². The molecule has 6 heteroatoms. The second-order valence-electron chi connectivity index (χ2n) is 7.50. The SMILES string of the molecule is CCOC(=O)c1cccc(NC(=S)NCC2(c3ccc(F)cc3)CCCC2)c1C. The summed E-state index contributed by atoms with van der Waals surface area (Å²) in [6.45, 7) is 4.67. The molecule has 2 N–H and O–H groups in total. The van der Waals surface area contributed by atoms with E-state index >= 15 is 0 Å². The Morgan fingerprint density at radius 2 is 1.86 bits per heavy atom. The van der Waals surface area contributed by atoms with Crippen molar-refractivity contribution in [2.24, 2.45) is 0 Å². The van der Waals surface area contributed by atoms with Crippen molar-refractivity contribution in [3.05, 3.63) is 65.0 Å². The standard InChI is InChI=1S/C23H27FN2O2S/c1-3-28-21(27)19-7-6-8-20(16(19)2)26-22(29)25-15-23(13-4-5-14-23)17-9-11-18(24)12-10-17/h6-12H,3-5,13-15H2,1-2H3,(H2,25,26,29). The summed E-state index contributed by atoms with van der Waals surface area (Å²) >= 11 is 5.51. The first kappa shape index (κ1) is 21.2. The van der Waals surface area contributed by atoms with E-state index in [1.54, 1.807) is 19.1 Å². The van der Waals surface area contributed by atoms with E-state index in [-0.39, 0.29) is 17.2 Å². The molecule has 0 unspecified atom stereocenters. The molecule has 2 aromatic carbocycles. The molecule has 29 heavy (non-hydrogen) atoms. The molecule has 0 aliphatic heterocycles. The lowest BCUT2D eigenvalue weighted by Gasteiger charge is -2.30. The lowest BCUT2D eigenvalue weighted by molar-refractivity contribution is 0.0525. The maximum absolute atomic E-state index is 13.4. The van der Waals surface area contributed by atoms with E-state index in [1.165, 1.54) is 12.1 Å². The molecule has 0 bridgehead atoms. The summed E-state index contributed by atoms with van der Waals surface area (Å²) in [5.74, 6) is -0.558.